The highest BCUT2D eigenvalue weighted by Crippen LogP contribution is 2.26. The van der Waals surface area contributed by atoms with E-state index in [1.165, 1.54) is 12.1 Å². The van der Waals surface area contributed by atoms with E-state index in [1.54, 1.807) is 0 Å². The Morgan fingerprint density at radius 2 is 2.46 bits per heavy atom. The molecule has 2 unspecified atom stereocenters. The zero-order chi connectivity index (χ0) is 9.84. The molecule has 1 nitrogen and oxygen atoms in total. The lowest BCUT2D eigenvalue weighted by atomic mass is 10.1. The second-order valence-corrected chi connectivity index (χ2v) is 4.88. The van der Waals surface area contributed by atoms with Crippen LogP contribution in [-0.4, -0.2) is 16.0 Å². The van der Waals surface area contributed by atoms with Gasteiger partial charge in [-0.15, -0.1) is 12.6 Å². The second kappa shape index (κ2) is 5.11. The van der Waals surface area contributed by atoms with Crippen molar-refractivity contribution in [3.05, 3.63) is 0 Å². The number of rotatable bonds is 3. The lowest BCUT2D eigenvalue weighted by Crippen LogP contribution is -2.14. The van der Waals surface area contributed by atoms with Gasteiger partial charge in [-0.1, -0.05) is 19.1 Å². The number of thiol groups is 1. The van der Waals surface area contributed by atoms with Crippen LogP contribution in [0, 0.1) is 5.92 Å². The number of nitrogens with zero attached hydrogens (tertiary/aromatic N) is 1. The third-order valence-corrected chi connectivity index (χ3v) is 3.20. The van der Waals surface area contributed by atoms with Crippen molar-refractivity contribution in [2.75, 3.05) is 0 Å². The molecule has 0 aromatic carbocycles. The minimum atomic E-state index is 0.382. The Balaban J connectivity index is 2.67. The van der Waals surface area contributed by atoms with E-state index in [2.05, 4.69) is 31.5 Å². The number of thiocarbonyl (C=S) groups is 1. The fourth-order valence-electron chi connectivity index (χ4n) is 1.62. The molecule has 1 rings (SSSR count). The van der Waals surface area contributed by atoms with Crippen molar-refractivity contribution in [3.8, 4) is 0 Å². The van der Waals surface area contributed by atoms with Crippen molar-refractivity contribution in [3.63, 3.8) is 0 Å². The second-order valence-electron chi connectivity index (χ2n) is 3.66. The maximum atomic E-state index is 5.10. The Bertz CT molecular complexity index is 223. The molecule has 0 aromatic heterocycles. The molecule has 1 aliphatic rings. The standard InChI is InChI=1S/C10H17NS2/c1-3-7(2)11-9-6-4-5-8(9)10(12)13/h7-8H,3-6H2,1-2H3,(H,12,13). The van der Waals surface area contributed by atoms with Crippen LogP contribution in [0.15, 0.2) is 4.99 Å². The largest absolute Gasteiger partial charge is 0.290 e. The van der Waals surface area contributed by atoms with Gasteiger partial charge in [-0.05, 0) is 32.6 Å². The van der Waals surface area contributed by atoms with Crippen LogP contribution < -0.4 is 0 Å². The normalized spacial score (nSPS) is 27.9. The molecular formula is C10H17NS2. The zero-order valence-electron chi connectivity index (χ0n) is 8.29. The van der Waals surface area contributed by atoms with Crippen LogP contribution in [0.5, 0.6) is 0 Å². The van der Waals surface area contributed by atoms with Gasteiger partial charge < -0.3 is 0 Å². The van der Waals surface area contributed by atoms with E-state index in [-0.39, 0.29) is 0 Å². The molecule has 1 fully saturated rings. The summed E-state index contributed by atoms with van der Waals surface area (Å²) in [4.78, 5) is 4.68. The highest BCUT2D eigenvalue weighted by molar-refractivity contribution is 8.11. The van der Waals surface area contributed by atoms with Crippen LogP contribution >= 0.6 is 24.8 Å². The van der Waals surface area contributed by atoms with Crippen LogP contribution in [0.2, 0.25) is 0 Å². The predicted octanol–water partition coefficient (Wildman–Crippen LogP) is 3.28. The zero-order valence-corrected chi connectivity index (χ0v) is 10.00. The average Bonchev–Trinajstić information content (AvgIpc) is 2.52. The Morgan fingerprint density at radius 3 is 3.00 bits per heavy atom. The summed E-state index contributed by atoms with van der Waals surface area (Å²) in [6.45, 7) is 4.32. The fraction of sp³-hybridized carbons (Fsp3) is 0.800. The molecule has 0 bridgehead atoms. The molecule has 13 heavy (non-hydrogen) atoms. The molecule has 0 radical (unpaired) electrons. The smallest absolute Gasteiger partial charge is 0.0535 e. The molecule has 1 aliphatic carbocycles. The Hall–Kier alpha value is 0.110. The molecule has 0 aromatic rings. The van der Waals surface area contributed by atoms with Gasteiger partial charge in [0.05, 0.1) is 4.20 Å². The van der Waals surface area contributed by atoms with Crippen molar-refractivity contribution in [1.82, 2.24) is 0 Å². The highest BCUT2D eigenvalue weighted by atomic mass is 32.1. The van der Waals surface area contributed by atoms with Gasteiger partial charge in [-0.25, -0.2) is 0 Å². The van der Waals surface area contributed by atoms with Gasteiger partial charge in [0.2, 0.25) is 0 Å². The quantitative estimate of drug-likeness (QED) is 0.563. The Morgan fingerprint density at radius 1 is 1.77 bits per heavy atom. The van der Waals surface area contributed by atoms with Crippen LogP contribution in [0.4, 0.5) is 0 Å². The number of hydrogen-bond acceptors (Lipinski definition) is 2. The van der Waals surface area contributed by atoms with Crippen molar-refractivity contribution in [1.29, 1.82) is 0 Å². The summed E-state index contributed by atoms with van der Waals surface area (Å²) >= 11 is 9.36. The first kappa shape index (κ1) is 11.2. The summed E-state index contributed by atoms with van der Waals surface area (Å²) in [5.74, 6) is 0.382. The molecule has 0 aliphatic heterocycles. The van der Waals surface area contributed by atoms with Gasteiger partial charge in [0.25, 0.3) is 0 Å². The third-order valence-electron chi connectivity index (χ3n) is 2.60. The summed E-state index contributed by atoms with van der Waals surface area (Å²) in [6.07, 6.45) is 4.60. The number of hydrogen-bond donors (Lipinski definition) is 1. The molecule has 2 atom stereocenters. The molecule has 0 saturated heterocycles. The maximum absolute atomic E-state index is 5.10. The minimum absolute atomic E-state index is 0.382. The molecular weight excluding hydrogens is 198 g/mol. The molecule has 74 valence electrons. The van der Waals surface area contributed by atoms with Gasteiger partial charge in [0, 0.05) is 17.7 Å². The maximum Gasteiger partial charge on any atom is 0.0535 e. The Labute approximate surface area is 91.4 Å². The van der Waals surface area contributed by atoms with Gasteiger partial charge in [0.15, 0.2) is 0 Å². The lowest BCUT2D eigenvalue weighted by Gasteiger charge is -2.10. The van der Waals surface area contributed by atoms with E-state index in [1.807, 2.05) is 0 Å². The van der Waals surface area contributed by atoms with Gasteiger partial charge in [-0.3, -0.25) is 4.99 Å². The monoisotopic (exact) mass is 215 g/mol. The topological polar surface area (TPSA) is 12.4 Å². The van der Waals surface area contributed by atoms with Crippen LogP contribution in [0.25, 0.3) is 0 Å². The van der Waals surface area contributed by atoms with Gasteiger partial charge in [0.1, 0.15) is 0 Å². The molecule has 0 amide bonds. The van der Waals surface area contributed by atoms with Crippen molar-refractivity contribution >= 4 is 34.8 Å². The third kappa shape index (κ3) is 3.06. The van der Waals surface area contributed by atoms with Gasteiger partial charge >= 0.3 is 0 Å². The minimum Gasteiger partial charge on any atom is -0.290 e. The van der Waals surface area contributed by atoms with Crippen molar-refractivity contribution in [2.45, 2.75) is 45.6 Å². The first-order chi connectivity index (χ1) is 6.15. The van der Waals surface area contributed by atoms with Crippen LogP contribution in [-0.2, 0) is 0 Å². The van der Waals surface area contributed by atoms with Crippen molar-refractivity contribution in [2.24, 2.45) is 10.9 Å². The summed E-state index contributed by atoms with van der Waals surface area (Å²) in [6, 6.07) is 0.443. The highest BCUT2D eigenvalue weighted by Gasteiger charge is 2.24. The van der Waals surface area contributed by atoms with Crippen molar-refractivity contribution < 1.29 is 0 Å². The van der Waals surface area contributed by atoms with E-state index in [9.17, 15) is 0 Å². The van der Waals surface area contributed by atoms with E-state index in [0.717, 1.165) is 23.5 Å². The predicted molar refractivity (Wildman–Crippen MR) is 66.1 cm³/mol. The first-order valence-corrected chi connectivity index (χ1v) is 5.80. The van der Waals surface area contributed by atoms with E-state index in [0.29, 0.717) is 12.0 Å². The van der Waals surface area contributed by atoms with Gasteiger partial charge in [-0.2, -0.15) is 0 Å². The van der Waals surface area contributed by atoms with E-state index in [4.69, 9.17) is 12.2 Å². The summed E-state index contributed by atoms with van der Waals surface area (Å²) < 4.78 is 0.819. The summed E-state index contributed by atoms with van der Waals surface area (Å²) in [5, 5.41) is 0. The number of aliphatic imine (C=N–C) groups is 1. The fourth-order valence-corrected chi connectivity index (χ4v) is 2.16. The van der Waals surface area contributed by atoms with Crippen LogP contribution in [0.1, 0.15) is 39.5 Å². The summed E-state index contributed by atoms with van der Waals surface area (Å²) in [7, 11) is 0. The van der Waals surface area contributed by atoms with E-state index < -0.39 is 0 Å². The van der Waals surface area contributed by atoms with E-state index >= 15 is 0 Å². The molecule has 0 spiro atoms. The molecule has 1 saturated carbocycles. The molecule has 3 heteroatoms. The summed E-state index contributed by atoms with van der Waals surface area (Å²) in [5.41, 5.74) is 1.29. The average molecular weight is 215 g/mol. The lowest BCUT2D eigenvalue weighted by molar-refractivity contribution is 0.711. The SMILES string of the molecule is CCC(C)N=C1CCCC1C(=S)S. The first-order valence-electron chi connectivity index (χ1n) is 4.94. The Kier molecular flexibility index (Phi) is 4.39. The molecule has 0 N–H and O–H groups in total. The van der Waals surface area contributed by atoms with Crippen LogP contribution in [0.3, 0.4) is 0 Å². The molecule has 0 heterocycles.